The standard InChI is InChI=1S/C11H13N3O5/c1-2-5-7(10(12)18)13-4-14(5)11-9(17)8(16)6(3-15)19-11/h1,4,6,8-9,11,15-17H,3H2,(H2,12,18)/t6-,8-,9-,11?/m0/s1. The molecule has 1 aliphatic heterocycles. The van der Waals surface area contributed by atoms with Gasteiger partial charge in [0.15, 0.2) is 11.9 Å². The van der Waals surface area contributed by atoms with E-state index in [4.69, 9.17) is 22.0 Å². The SMILES string of the molecule is C#Cc1c(C(N)=O)ncn1C1O[C@@H](CO)[C@H](O)[C@@H]1O. The van der Waals surface area contributed by atoms with Crippen LogP contribution < -0.4 is 5.73 Å². The highest BCUT2D eigenvalue weighted by atomic mass is 16.6. The second-order valence-corrected chi connectivity index (χ2v) is 4.09. The van der Waals surface area contributed by atoms with Crippen molar-refractivity contribution in [3.63, 3.8) is 0 Å². The van der Waals surface area contributed by atoms with Crippen molar-refractivity contribution < 1.29 is 24.9 Å². The fourth-order valence-electron chi connectivity index (χ4n) is 1.99. The number of aliphatic hydroxyl groups excluding tert-OH is 3. The number of rotatable bonds is 3. The van der Waals surface area contributed by atoms with E-state index < -0.39 is 37.1 Å². The quantitative estimate of drug-likeness (QED) is 0.451. The maximum Gasteiger partial charge on any atom is 0.270 e. The molecule has 1 aromatic rings. The fourth-order valence-corrected chi connectivity index (χ4v) is 1.99. The summed E-state index contributed by atoms with van der Waals surface area (Å²) >= 11 is 0. The van der Waals surface area contributed by atoms with Crippen LogP contribution in [-0.2, 0) is 4.74 Å². The third-order valence-corrected chi connectivity index (χ3v) is 2.96. The number of terminal acetylenes is 1. The van der Waals surface area contributed by atoms with Crippen molar-refractivity contribution in [2.24, 2.45) is 5.73 Å². The van der Waals surface area contributed by atoms with E-state index in [1.54, 1.807) is 0 Å². The van der Waals surface area contributed by atoms with Crippen LogP contribution >= 0.6 is 0 Å². The predicted octanol–water partition coefficient (Wildman–Crippen LogP) is -2.43. The van der Waals surface area contributed by atoms with Gasteiger partial charge in [-0.3, -0.25) is 9.36 Å². The van der Waals surface area contributed by atoms with Crippen LogP contribution in [0.3, 0.4) is 0 Å². The Morgan fingerprint density at radius 1 is 1.58 bits per heavy atom. The van der Waals surface area contributed by atoms with Crippen LogP contribution in [0.25, 0.3) is 0 Å². The molecule has 4 atom stereocenters. The number of aromatic nitrogens is 2. The van der Waals surface area contributed by atoms with Gasteiger partial charge in [0.05, 0.1) is 12.9 Å². The number of amides is 1. The number of imidazole rings is 1. The third kappa shape index (κ3) is 2.09. The van der Waals surface area contributed by atoms with Crippen LogP contribution in [0.1, 0.15) is 22.4 Å². The van der Waals surface area contributed by atoms with Crippen LogP contribution in [0.5, 0.6) is 0 Å². The summed E-state index contributed by atoms with van der Waals surface area (Å²) in [5.74, 6) is 1.43. The predicted molar refractivity (Wildman–Crippen MR) is 61.7 cm³/mol. The van der Waals surface area contributed by atoms with E-state index in [9.17, 15) is 15.0 Å². The number of hydrogen-bond acceptors (Lipinski definition) is 6. The average Bonchev–Trinajstić information content (AvgIpc) is 2.92. The summed E-state index contributed by atoms with van der Waals surface area (Å²) in [6.07, 6.45) is 1.92. The summed E-state index contributed by atoms with van der Waals surface area (Å²) in [7, 11) is 0. The Balaban J connectivity index is 2.39. The van der Waals surface area contributed by atoms with E-state index in [0.29, 0.717) is 0 Å². The zero-order valence-corrected chi connectivity index (χ0v) is 9.80. The molecule has 0 saturated carbocycles. The molecule has 1 fully saturated rings. The molecule has 102 valence electrons. The topological polar surface area (TPSA) is 131 Å². The Kier molecular flexibility index (Phi) is 3.55. The van der Waals surface area contributed by atoms with Crippen LogP contribution in [0.4, 0.5) is 0 Å². The van der Waals surface area contributed by atoms with Gasteiger partial charge in [-0.25, -0.2) is 4.98 Å². The van der Waals surface area contributed by atoms with Crippen LogP contribution in [0.15, 0.2) is 6.33 Å². The highest BCUT2D eigenvalue weighted by Crippen LogP contribution is 2.30. The molecule has 1 aromatic heterocycles. The highest BCUT2D eigenvalue weighted by molar-refractivity contribution is 5.93. The number of aliphatic hydroxyl groups is 3. The van der Waals surface area contributed by atoms with Crippen molar-refractivity contribution in [2.75, 3.05) is 6.61 Å². The zero-order chi connectivity index (χ0) is 14.2. The first-order chi connectivity index (χ1) is 9.01. The van der Waals surface area contributed by atoms with Crippen molar-refractivity contribution in [1.82, 2.24) is 9.55 Å². The van der Waals surface area contributed by atoms with Gasteiger partial charge in [0.1, 0.15) is 24.0 Å². The van der Waals surface area contributed by atoms with Gasteiger partial charge < -0.3 is 25.8 Å². The van der Waals surface area contributed by atoms with Crippen LogP contribution in [-0.4, -0.2) is 55.7 Å². The number of nitrogens with zero attached hydrogens (tertiary/aromatic N) is 2. The van der Waals surface area contributed by atoms with Gasteiger partial charge in [-0.05, 0) is 5.92 Å². The molecule has 19 heavy (non-hydrogen) atoms. The monoisotopic (exact) mass is 267 g/mol. The summed E-state index contributed by atoms with van der Waals surface area (Å²) in [4.78, 5) is 14.9. The van der Waals surface area contributed by atoms with Gasteiger partial charge >= 0.3 is 0 Å². The van der Waals surface area contributed by atoms with Crippen molar-refractivity contribution in [2.45, 2.75) is 24.5 Å². The van der Waals surface area contributed by atoms with E-state index >= 15 is 0 Å². The van der Waals surface area contributed by atoms with Crippen LogP contribution in [0, 0.1) is 12.3 Å². The molecule has 1 saturated heterocycles. The van der Waals surface area contributed by atoms with E-state index in [-0.39, 0.29) is 11.4 Å². The number of hydrogen-bond donors (Lipinski definition) is 4. The molecule has 0 aliphatic carbocycles. The molecule has 1 unspecified atom stereocenters. The lowest BCUT2D eigenvalue weighted by atomic mass is 10.1. The lowest BCUT2D eigenvalue weighted by Gasteiger charge is -2.17. The smallest absolute Gasteiger partial charge is 0.270 e. The number of nitrogens with two attached hydrogens (primary N) is 1. The summed E-state index contributed by atoms with van der Waals surface area (Å²) in [5, 5.41) is 28.5. The van der Waals surface area contributed by atoms with Gasteiger partial charge in [-0.15, -0.1) is 6.42 Å². The number of carbonyl (C=O) groups is 1. The Bertz CT molecular complexity index is 535. The Morgan fingerprint density at radius 3 is 2.74 bits per heavy atom. The Labute approximate surface area is 108 Å². The molecular weight excluding hydrogens is 254 g/mol. The fraction of sp³-hybridized carbons (Fsp3) is 0.455. The molecule has 0 bridgehead atoms. The van der Waals surface area contributed by atoms with Gasteiger partial charge in [-0.1, -0.05) is 0 Å². The summed E-state index contributed by atoms with van der Waals surface area (Å²) in [6, 6.07) is 0. The lowest BCUT2D eigenvalue weighted by molar-refractivity contribution is -0.0531. The first-order valence-electron chi connectivity index (χ1n) is 5.47. The first-order valence-corrected chi connectivity index (χ1v) is 5.47. The van der Waals surface area contributed by atoms with E-state index in [1.807, 2.05) is 0 Å². The van der Waals surface area contributed by atoms with Crippen LogP contribution in [0.2, 0.25) is 0 Å². The number of carbonyl (C=O) groups excluding carboxylic acids is 1. The van der Waals surface area contributed by atoms with E-state index in [2.05, 4.69) is 10.9 Å². The van der Waals surface area contributed by atoms with Gasteiger partial charge in [-0.2, -0.15) is 0 Å². The third-order valence-electron chi connectivity index (χ3n) is 2.96. The van der Waals surface area contributed by atoms with Crippen molar-refractivity contribution in [3.8, 4) is 12.3 Å². The van der Waals surface area contributed by atoms with Crippen molar-refractivity contribution >= 4 is 5.91 Å². The summed E-state index contributed by atoms with van der Waals surface area (Å²) < 4.78 is 6.51. The second-order valence-electron chi connectivity index (χ2n) is 4.09. The average molecular weight is 267 g/mol. The molecule has 8 heteroatoms. The van der Waals surface area contributed by atoms with Crippen molar-refractivity contribution in [1.29, 1.82) is 0 Å². The molecule has 5 N–H and O–H groups in total. The maximum atomic E-state index is 11.1. The van der Waals surface area contributed by atoms with Gasteiger partial charge in [0.2, 0.25) is 0 Å². The lowest BCUT2D eigenvalue weighted by Crippen LogP contribution is -2.33. The maximum absolute atomic E-state index is 11.1. The minimum Gasteiger partial charge on any atom is -0.394 e. The Morgan fingerprint density at radius 2 is 2.26 bits per heavy atom. The molecule has 0 radical (unpaired) electrons. The summed E-state index contributed by atoms with van der Waals surface area (Å²) in [6.45, 7) is -0.461. The molecule has 2 rings (SSSR count). The number of primary amides is 1. The molecule has 0 spiro atoms. The first kappa shape index (κ1) is 13.5. The van der Waals surface area contributed by atoms with Gasteiger partial charge in [0.25, 0.3) is 5.91 Å². The molecular formula is C11H13N3O5. The Hall–Kier alpha value is -1.92. The largest absolute Gasteiger partial charge is 0.394 e. The van der Waals surface area contributed by atoms with Crippen molar-refractivity contribution in [3.05, 3.63) is 17.7 Å². The zero-order valence-electron chi connectivity index (χ0n) is 9.80. The molecule has 1 aliphatic rings. The number of ether oxygens (including phenoxy) is 1. The van der Waals surface area contributed by atoms with E-state index in [1.165, 1.54) is 10.9 Å². The molecule has 8 nitrogen and oxygen atoms in total. The normalized spacial score (nSPS) is 30.2. The van der Waals surface area contributed by atoms with E-state index in [0.717, 1.165) is 0 Å². The minimum absolute atomic E-state index is 0.0438. The minimum atomic E-state index is -1.31. The highest BCUT2D eigenvalue weighted by Gasteiger charge is 2.44. The molecule has 1 amide bonds. The molecule has 0 aromatic carbocycles. The summed E-state index contributed by atoms with van der Waals surface area (Å²) in [5.41, 5.74) is 5.03. The second kappa shape index (κ2) is 4.99. The molecule has 2 heterocycles. The van der Waals surface area contributed by atoms with Gasteiger partial charge in [0, 0.05) is 0 Å².